The number of anilines is 1. The molecular weight excluding hydrogens is 228 g/mol. The third kappa shape index (κ3) is 2.66. The van der Waals surface area contributed by atoms with Crippen molar-refractivity contribution < 1.29 is 0 Å². The third-order valence-electron chi connectivity index (χ3n) is 2.05. The van der Waals surface area contributed by atoms with E-state index in [9.17, 15) is 0 Å². The molecular formula is C9H11ClN6. The first kappa shape index (κ1) is 10.8. The molecule has 2 aromatic rings. The lowest BCUT2D eigenvalue weighted by molar-refractivity contribution is 0.608. The van der Waals surface area contributed by atoms with Crippen LogP contribution in [0.1, 0.15) is 5.56 Å². The Labute approximate surface area is 97.7 Å². The molecule has 0 fully saturated rings. The van der Waals surface area contributed by atoms with Gasteiger partial charge in [-0.2, -0.15) is 0 Å². The lowest BCUT2D eigenvalue weighted by Gasteiger charge is -2.07. The minimum atomic E-state index is 0.244. The maximum atomic E-state index is 5.71. The van der Waals surface area contributed by atoms with Crippen molar-refractivity contribution in [3.8, 4) is 0 Å². The van der Waals surface area contributed by atoms with Crippen molar-refractivity contribution in [3.63, 3.8) is 0 Å². The molecule has 0 aliphatic heterocycles. The highest BCUT2D eigenvalue weighted by atomic mass is 35.5. The first-order chi connectivity index (χ1) is 7.75. The van der Waals surface area contributed by atoms with Crippen LogP contribution in [0.5, 0.6) is 0 Å². The van der Waals surface area contributed by atoms with Gasteiger partial charge in [0.05, 0.1) is 12.7 Å². The van der Waals surface area contributed by atoms with Gasteiger partial charge in [0, 0.05) is 24.5 Å². The maximum Gasteiger partial charge on any atom is 0.224 e. The van der Waals surface area contributed by atoms with Gasteiger partial charge in [0.1, 0.15) is 5.82 Å². The van der Waals surface area contributed by atoms with Crippen LogP contribution in [0, 0.1) is 6.92 Å². The molecule has 7 heteroatoms. The van der Waals surface area contributed by atoms with Crippen LogP contribution in [0.2, 0.25) is 5.28 Å². The van der Waals surface area contributed by atoms with E-state index < -0.39 is 0 Å². The second kappa shape index (κ2) is 4.89. The molecule has 0 aliphatic carbocycles. The minimum Gasteiger partial charge on any atom is -0.368 e. The first-order valence-corrected chi connectivity index (χ1v) is 5.20. The molecule has 0 saturated heterocycles. The van der Waals surface area contributed by atoms with E-state index >= 15 is 0 Å². The molecule has 0 aliphatic rings. The van der Waals surface area contributed by atoms with Gasteiger partial charge < -0.3 is 5.32 Å². The Kier molecular flexibility index (Phi) is 3.31. The topological polar surface area (TPSA) is 68.5 Å². The monoisotopic (exact) mass is 238 g/mol. The fraction of sp³-hybridized carbons (Fsp3) is 0.333. The van der Waals surface area contributed by atoms with Gasteiger partial charge in [-0.1, -0.05) is 5.21 Å². The molecule has 0 spiro atoms. The van der Waals surface area contributed by atoms with Gasteiger partial charge in [-0.05, 0) is 18.5 Å². The highest BCUT2D eigenvalue weighted by Crippen LogP contribution is 2.11. The van der Waals surface area contributed by atoms with Crippen molar-refractivity contribution in [1.29, 1.82) is 0 Å². The molecule has 2 rings (SSSR count). The number of hydrogen-bond acceptors (Lipinski definition) is 5. The van der Waals surface area contributed by atoms with Gasteiger partial charge in [-0.3, -0.25) is 4.68 Å². The van der Waals surface area contributed by atoms with Crippen molar-refractivity contribution in [2.45, 2.75) is 13.5 Å². The van der Waals surface area contributed by atoms with E-state index in [2.05, 4.69) is 25.6 Å². The Morgan fingerprint density at radius 3 is 3.12 bits per heavy atom. The van der Waals surface area contributed by atoms with Crippen LogP contribution in [-0.2, 0) is 6.54 Å². The quantitative estimate of drug-likeness (QED) is 0.809. The molecule has 6 nitrogen and oxygen atoms in total. The Balaban J connectivity index is 1.92. The Morgan fingerprint density at radius 2 is 2.38 bits per heavy atom. The zero-order chi connectivity index (χ0) is 11.4. The van der Waals surface area contributed by atoms with Crippen LogP contribution in [0.4, 0.5) is 5.82 Å². The lowest BCUT2D eigenvalue weighted by atomic mass is 10.3. The van der Waals surface area contributed by atoms with E-state index in [4.69, 9.17) is 11.6 Å². The molecule has 1 N–H and O–H groups in total. The van der Waals surface area contributed by atoms with Gasteiger partial charge >= 0.3 is 0 Å². The average Bonchev–Trinajstić information content (AvgIpc) is 2.76. The minimum absolute atomic E-state index is 0.244. The van der Waals surface area contributed by atoms with Gasteiger partial charge in [0.15, 0.2) is 0 Å². The second-order valence-electron chi connectivity index (χ2n) is 3.26. The number of aromatic nitrogens is 5. The molecule has 0 atom stereocenters. The molecule has 84 valence electrons. The predicted octanol–water partition coefficient (Wildman–Crippen LogP) is 1.14. The van der Waals surface area contributed by atoms with Gasteiger partial charge in [-0.25, -0.2) is 9.97 Å². The number of rotatable bonds is 4. The van der Waals surface area contributed by atoms with E-state index in [0.29, 0.717) is 6.54 Å². The zero-order valence-electron chi connectivity index (χ0n) is 8.76. The van der Waals surface area contributed by atoms with Crippen LogP contribution in [0.3, 0.4) is 0 Å². The summed E-state index contributed by atoms with van der Waals surface area (Å²) < 4.78 is 1.74. The molecule has 0 unspecified atom stereocenters. The largest absolute Gasteiger partial charge is 0.368 e. The van der Waals surface area contributed by atoms with Crippen LogP contribution in [-0.4, -0.2) is 31.5 Å². The van der Waals surface area contributed by atoms with E-state index in [1.54, 1.807) is 17.1 Å². The molecule has 2 heterocycles. The standard InChI is InChI=1S/C9H11ClN6/c1-7-6-12-9(10)14-8(7)11-2-4-16-5-3-13-15-16/h3,5-6H,2,4H2,1H3,(H,11,12,14). The lowest BCUT2D eigenvalue weighted by Crippen LogP contribution is -2.12. The average molecular weight is 239 g/mol. The summed E-state index contributed by atoms with van der Waals surface area (Å²) in [4.78, 5) is 7.97. The SMILES string of the molecule is Cc1cnc(Cl)nc1NCCn1ccnn1. The predicted molar refractivity (Wildman–Crippen MR) is 60.3 cm³/mol. The number of nitrogens with one attached hydrogen (secondary N) is 1. The molecule has 0 amide bonds. The Hall–Kier alpha value is -1.69. The molecule has 0 radical (unpaired) electrons. The number of hydrogen-bond donors (Lipinski definition) is 1. The van der Waals surface area contributed by atoms with Gasteiger partial charge in [-0.15, -0.1) is 5.10 Å². The summed E-state index contributed by atoms with van der Waals surface area (Å²) in [5.74, 6) is 0.750. The summed E-state index contributed by atoms with van der Waals surface area (Å²) in [6.07, 6.45) is 5.14. The summed E-state index contributed by atoms with van der Waals surface area (Å²) in [6, 6.07) is 0. The fourth-order valence-electron chi connectivity index (χ4n) is 1.24. The van der Waals surface area contributed by atoms with E-state index in [1.165, 1.54) is 0 Å². The summed E-state index contributed by atoms with van der Waals surface area (Å²) in [5.41, 5.74) is 0.961. The Morgan fingerprint density at radius 1 is 1.50 bits per heavy atom. The van der Waals surface area contributed by atoms with E-state index in [-0.39, 0.29) is 5.28 Å². The summed E-state index contributed by atoms with van der Waals surface area (Å²) in [7, 11) is 0. The second-order valence-corrected chi connectivity index (χ2v) is 3.60. The van der Waals surface area contributed by atoms with Crippen molar-refractivity contribution in [3.05, 3.63) is 29.4 Å². The first-order valence-electron chi connectivity index (χ1n) is 4.83. The highest BCUT2D eigenvalue weighted by molar-refractivity contribution is 6.28. The number of halogens is 1. The maximum absolute atomic E-state index is 5.71. The van der Waals surface area contributed by atoms with Crippen LogP contribution < -0.4 is 5.32 Å². The van der Waals surface area contributed by atoms with Crippen molar-refractivity contribution in [2.24, 2.45) is 0 Å². The summed E-state index contributed by atoms with van der Waals surface area (Å²) in [6.45, 7) is 3.35. The highest BCUT2D eigenvalue weighted by Gasteiger charge is 2.01. The Bertz CT molecular complexity index is 455. The van der Waals surface area contributed by atoms with Crippen molar-refractivity contribution in [1.82, 2.24) is 25.0 Å². The smallest absolute Gasteiger partial charge is 0.224 e. The molecule has 0 aromatic carbocycles. The molecule has 0 bridgehead atoms. The normalized spacial score (nSPS) is 10.4. The molecule has 16 heavy (non-hydrogen) atoms. The number of nitrogens with zero attached hydrogens (tertiary/aromatic N) is 5. The van der Waals surface area contributed by atoms with Gasteiger partial charge in [0.2, 0.25) is 5.28 Å². The van der Waals surface area contributed by atoms with Crippen molar-refractivity contribution >= 4 is 17.4 Å². The van der Waals surface area contributed by atoms with Crippen LogP contribution in [0.15, 0.2) is 18.6 Å². The molecule has 2 aromatic heterocycles. The number of aryl methyl sites for hydroxylation is 1. The molecule has 0 saturated carbocycles. The van der Waals surface area contributed by atoms with E-state index in [0.717, 1.165) is 17.9 Å². The third-order valence-corrected chi connectivity index (χ3v) is 2.23. The summed E-state index contributed by atoms with van der Waals surface area (Å²) >= 11 is 5.71. The van der Waals surface area contributed by atoms with Crippen LogP contribution >= 0.6 is 11.6 Å². The fourth-order valence-corrected chi connectivity index (χ4v) is 1.37. The van der Waals surface area contributed by atoms with E-state index in [1.807, 2.05) is 13.1 Å². The summed E-state index contributed by atoms with van der Waals surface area (Å²) in [5, 5.41) is 11.0. The zero-order valence-corrected chi connectivity index (χ0v) is 9.52. The van der Waals surface area contributed by atoms with Crippen LogP contribution in [0.25, 0.3) is 0 Å². The van der Waals surface area contributed by atoms with Gasteiger partial charge in [0.25, 0.3) is 0 Å². The van der Waals surface area contributed by atoms with Crippen molar-refractivity contribution in [2.75, 3.05) is 11.9 Å².